The molecule has 0 saturated carbocycles. The second-order valence-corrected chi connectivity index (χ2v) is 8.71. The van der Waals surface area contributed by atoms with E-state index in [9.17, 15) is 4.79 Å². The Balaban J connectivity index is 1.56. The zero-order valence-corrected chi connectivity index (χ0v) is 18.9. The largest absolute Gasteiger partial charge is 0.379 e. The number of para-hydroxylation sites is 2. The summed E-state index contributed by atoms with van der Waals surface area (Å²) in [7, 11) is 0. The Morgan fingerprint density at radius 1 is 1.07 bits per heavy atom. The van der Waals surface area contributed by atoms with Crippen molar-refractivity contribution < 1.29 is 9.53 Å². The van der Waals surface area contributed by atoms with E-state index in [1.54, 1.807) is 0 Å². The molecule has 2 amide bonds. The number of carbonyl (C=O) groups excluding carboxylic acids is 1. The average molecular weight is 418 g/mol. The molecule has 1 aromatic rings. The van der Waals surface area contributed by atoms with Crippen molar-refractivity contribution in [2.75, 3.05) is 75.8 Å². The maximum Gasteiger partial charge on any atom is 0.319 e. The molecule has 30 heavy (non-hydrogen) atoms. The van der Waals surface area contributed by atoms with Crippen molar-refractivity contribution in [3.05, 3.63) is 24.3 Å². The van der Waals surface area contributed by atoms with Crippen LogP contribution in [-0.2, 0) is 4.74 Å². The third kappa shape index (κ3) is 6.59. The number of nitrogens with one attached hydrogen (secondary N) is 2. The van der Waals surface area contributed by atoms with Gasteiger partial charge < -0.3 is 25.2 Å². The number of hydrogen-bond donors (Lipinski definition) is 2. The molecule has 0 aliphatic carbocycles. The number of morpholine rings is 1. The number of benzene rings is 1. The van der Waals surface area contributed by atoms with E-state index >= 15 is 0 Å². The summed E-state index contributed by atoms with van der Waals surface area (Å²) in [6.07, 6.45) is 1.07. The lowest BCUT2D eigenvalue weighted by molar-refractivity contribution is 0.0130. The predicted molar refractivity (Wildman–Crippen MR) is 123 cm³/mol. The minimum absolute atomic E-state index is 0.128. The molecular formula is C23H39N5O2. The molecule has 3 rings (SSSR count). The van der Waals surface area contributed by atoms with E-state index in [1.165, 1.54) is 0 Å². The smallest absolute Gasteiger partial charge is 0.319 e. The summed E-state index contributed by atoms with van der Waals surface area (Å²) in [6, 6.07) is 8.34. The SMILES string of the molecule is CCN1CCN(c2ccccc2NC(=O)NCC(CC(C)C)N2CCOCC2)CC1. The van der Waals surface area contributed by atoms with Gasteiger partial charge in [-0.1, -0.05) is 32.9 Å². The van der Waals surface area contributed by atoms with Gasteiger partial charge in [-0.25, -0.2) is 4.79 Å². The number of nitrogens with zero attached hydrogens (tertiary/aromatic N) is 3. The first-order chi connectivity index (χ1) is 14.6. The minimum atomic E-state index is -0.128. The number of hydrogen-bond acceptors (Lipinski definition) is 5. The van der Waals surface area contributed by atoms with Crippen LogP contribution >= 0.6 is 0 Å². The third-order valence-electron chi connectivity index (χ3n) is 6.12. The van der Waals surface area contributed by atoms with Gasteiger partial charge in [0.1, 0.15) is 0 Å². The molecule has 1 unspecified atom stereocenters. The highest BCUT2D eigenvalue weighted by molar-refractivity contribution is 5.93. The summed E-state index contributed by atoms with van der Waals surface area (Å²) in [5.74, 6) is 0.588. The first-order valence-electron chi connectivity index (χ1n) is 11.5. The second kappa shape index (κ2) is 11.5. The average Bonchev–Trinajstić information content (AvgIpc) is 2.77. The molecule has 0 spiro atoms. The van der Waals surface area contributed by atoms with Gasteiger partial charge in [0.15, 0.2) is 0 Å². The van der Waals surface area contributed by atoms with Crippen LogP contribution in [-0.4, -0.2) is 87.4 Å². The highest BCUT2D eigenvalue weighted by Crippen LogP contribution is 2.26. The van der Waals surface area contributed by atoms with Crippen LogP contribution in [0.3, 0.4) is 0 Å². The maximum absolute atomic E-state index is 12.7. The Morgan fingerprint density at radius 3 is 2.43 bits per heavy atom. The van der Waals surface area contributed by atoms with Crippen LogP contribution < -0.4 is 15.5 Å². The van der Waals surface area contributed by atoms with Crippen LogP contribution in [0.25, 0.3) is 0 Å². The summed E-state index contributed by atoms with van der Waals surface area (Å²) >= 11 is 0. The van der Waals surface area contributed by atoms with Gasteiger partial charge in [0.05, 0.1) is 24.6 Å². The number of urea groups is 1. The van der Waals surface area contributed by atoms with Crippen molar-refractivity contribution >= 4 is 17.4 Å². The molecule has 2 heterocycles. The molecule has 1 aromatic carbocycles. The Labute approximate surface area is 181 Å². The first-order valence-corrected chi connectivity index (χ1v) is 11.5. The molecule has 2 N–H and O–H groups in total. The highest BCUT2D eigenvalue weighted by Gasteiger charge is 2.23. The summed E-state index contributed by atoms with van der Waals surface area (Å²) in [5.41, 5.74) is 1.99. The van der Waals surface area contributed by atoms with Gasteiger partial charge in [-0.3, -0.25) is 4.90 Å². The van der Waals surface area contributed by atoms with Gasteiger partial charge in [-0.05, 0) is 31.0 Å². The van der Waals surface area contributed by atoms with Crippen LogP contribution in [0, 0.1) is 5.92 Å². The van der Waals surface area contributed by atoms with Crippen molar-refractivity contribution in [1.82, 2.24) is 15.1 Å². The monoisotopic (exact) mass is 417 g/mol. The molecule has 2 aliphatic heterocycles. The summed E-state index contributed by atoms with van der Waals surface area (Å²) in [6.45, 7) is 16.0. The lowest BCUT2D eigenvalue weighted by Crippen LogP contribution is -2.50. The van der Waals surface area contributed by atoms with Gasteiger partial charge in [0.2, 0.25) is 0 Å². The van der Waals surface area contributed by atoms with Gasteiger partial charge in [0, 0.05) is 51.9 Å². The Morgan fingerprint density at radius 2 is 1.77 bits per heavy atom. The molecule has 0 aromatic heterocycles. The van der Waals surface area contributed by atoms with Crippen LogP contribution in [0.4, 0.5) is 16.2 Å². The number of piperazine rings is 1. The van der Waals surface area contributed by atoms with Crippen molar-refractivity contribution in [1.29, 1.82) is 0 Å². The molecule has 0 bridgehead atoms. The molecule has 2 saturated heterocycles. The topological polar surface area (TPSA) is 60.1 Å². The fourth-order valence-corrected chi connectivity index (χ4v) is 4.39. The van der Waals surface area contributed by atoms with E-state index in [0.29, 0.717) is 18.5 Å². The molecular weight excluding hydrogens is 378 g/mol. The van der Waals surface area contributed by atoms with Crippen molar-refractivity contribution in [2.24, 2.45) is 5.92 Å². The highest BCUT2D eigenvalue weighted by atomic mass is 16.5. The van der Waals surface area contributed by atoms with Gasteiger partial charge in [0.25, 0.3) is 0 Å². The normalized spacial score (nSPS) is 19.7. The van der Waals surface area contributed by atoms with E-state index in [0.717, 1.165) is 76.8 Å². The van der Waals surface area contributed by atoms with Crippen molar-refractivity contribution in [3.63, 3.8) is 0 Å². The number of rotatable bonds is 8. The van der Waals surface area contributed by atoms with E-state index in [2.05, 4.69) is 52.2 Å². The lowest BCUT2D eigenvalue weighted by atomic mass is 10.0. The third-order valence-corrected chi connectivity index (χ3v) is 6.12. The summed E-state index contributed by atoms with van der Waals surface area (Å²) in [4.78, 5) is 20.0. The van der Waals surface area contributed by atoms with E-state index in [-0.39, 0.29) is 6.03 Å². The van der Waals surface area contributed by atoms with Gasteiger partial charge >= 0.3 is 6.03 Å². The number of amides is 2. The minimum Gasteiger partial charge on any atom is -0.379 e. The number of carbonyl (C=O) groups is 1. The standard InChI is InChI=1S/C23H39N5O2/c1-4-26-9-11-28(12-10-26)22-8-6-5-7-21(22)25-23(29)24-18-20(17-19(2)3)27-13-15-30-16-14-27/h5-8,19-20H,4,9-18H2,1-3H3,(H2,24,25,29). The van der Waals surface area contributed by atoms with Gasteiger partial charge in [-0.15, -0.1) is 0 Å². The Hall–Kier alpha value is -1.83. The summed E-state index contributed by atoms with van der Waals surface area (Å²) in [5, 5.41) is 6.22. The fourth-order valence-electron chi connectivity index (χ4n) is 4.39. The zero-order chi connectivity index (χ0) is 21.3. The zero-order valence-electron chi connectivity index (χ0n) is 18.9. The number of likely N-dealkylation sites (N-methyl/N-ethyl adjacent to an activating group) is 1. The molecule has 2 aliphatic rings. The van der Waals surface area contributed by atoms with Crippen LogP contribution in [0.1, 0.15) is 27.2 Å². The van der Waals surface area contributed by atoms with E-state index in [1.807, 2.05) is 18.2 Å². The van der Waals surface area contributed by atoms with E-state index < -0.39 is 0 Å². The lowest BCUT2D eigenvalue weighted by Gasteiger charge is -2.36. The molecule has 1 atom stereocenters. The van der Waals surface area contributed by atoms with Crippen molar-refractivity contribution in [2.45, 2.75) is 33.2 Å². The van der Waals surface area contributed by atoms with Crippen LogP contribution in [0.2, 0.25) is 0 Å². The Bertz CT molecular complexity index is 655. The number of ether oxygens (including phenoxy) is 1. The maximum atomic E-state index is 12.7. The molecule has 7 nitrogen and oxygen atoms in total. The molecule has 7 heteroatoms. The summed E-state index contributed by atoms with van der Waals surface area (Å²) < 4.78 is 5.50. The molecule has 168 valence electrons. The first kappa shape index (κ1) is 22.8. The van der Waals surface area contributed by atoms with Crippen LogP contribution in [0.5, 0.6) is 0 Å². The molecule has 2 fully saturated rings. The predicted octanol–water partition coefficient (Wildman–Crippen LogP) is 2.70. The number of anilines is 2. The van der Waals surface area contributed by atoms with E-state index in [4.69, 9.17) is 4.74 Å². The Kier molecular flexibility index (Phi) is 8.78. The van der Waals surface area contributed by atoms with Gasteiger partial charge in [-0.2, -0.15) is 0 Å². The second-order valence-electron chi connectivity index (χ2n) is 8.71. The fraction of sp³-hybridized carbons (Fsp3) is 0.696. The van der Waals surface area contributed by atoms with Crippen LogP contribution in [0.15, 0.2) is 24.3 Å². The quantitative estimate of drug-likeness (QED) is 0.681. The molecule has 0 radical (unpaired) electrons. The van der Waals surface area contributed by atoms with Crippen molar-refractivity contribution in [3.8, 4) is 0 Å².